The Bertz CT molecular complexity index is 613. The SMILES string of the molecule is CCNC(=O)c1ccc(N(C)Cc2cccnc2)c(N)c1. The van der Waals surface area contributed by atoms with Gasteiger partial charge in [0.2, 0.25) is 0 Å². The van der Waals surface area contributed by atoms with Crippen LogP contribution in [0.5, 0.6) is 0 Å². The smallest absolute Gasteiger partial charge is 0.251 e. The number of nitrogens with two attached hydrogens (primary N) is 1. The molecule has 1 aromatic carbocycles. The van der Waals surface area contributed by atoms with E-state index in [4.69, 9.17) is 5.73 Å². The molecule has 1 amide bonds. The van der Waals surface area contributed by atoms with Gasteiger partial charge in [-0.3, -0.25) is 9.78 Å². The van der Waals surface area contributed by atoms with Gasteiger partial charge in [-0.25, -0.2) is 0 Å². The number of hydrogen-bond acceptors (Lipinski definition) is 4. The number of rotatable bonds is 5. The molecule has 0 spiro atoms. The second-order valence-electron chi connectivity index (χ2n) is 4.85. The number of amides is 1. The highest BCUT2D eigenvalue weighted by atomic mass is 16.1. The van der Waals surface area contributed by atoms with E-state index in [2.05, 4.69) is 10.3 Å². The average Bonchev–Trinajstić information content (AvgIpc) is 2.48. The zero-order valence-electron chi connectivity index (χ0n) is 12.3. The van der Waals surface area contributed by atoms with E-state index in [-0.39, 0.29) is 5.91 Å². The summed E-state index contributed by atoms with van der Waals surface area (Å²) in [6, 6.07) is 9.29. The summed E-state index contributed by atoms with van der Waals surface area (Å²) in [6.07, 6.45) is 3.58. The maximum Gasteiger partial charge on any atom is 0.251 e. The van der Waals surface area contributed by atoms with Gasteiger partial charge in [0.05, 0.1) is 11.4 Å². The summed E-state index contributed by atoms with van der Waals surface area (Å²) in [7, 11) is 1.96. The molecule has 1 aromatic heterocycles. The molecule has 0 aliphatic rings. The second-order valence-corrected chi connectivity index (χ2v) is 4.85. The normalized spacial score (nSPS) is 10.2. The topological polar surface area (TPSA) is 71.2 Å². The van der Waals surface area contributed by atoms with Gasteiger partial charge in [0.1, 0.15) is 0 Å². The number of pyridine rings is 1. The summed E-state index contributed by atoms with van der Waals surface area (Å²) in [5.74, 6) is -0.106. The number of carbonyl (C=O) groups is 1. The number of carbonyl (C=O) groups excluding carboxylic acids is 1. The van der Waals surface area contributed by atoms with E-state index < -0.39 is 0 Å². The molecule has 0 unspecified atom stereocenters. The van der Waals surface area contributed by atoms with Gasteiger partial charge in [0.25, 0.3) is 5.91 Å². The van der Waals surface area contributed by atoms with Crippen molar-refractivity contribution < 1.29 is 4.79 Å². The van der Waals surface area contributed by atoms with Gasteiger partial charge in [-0.15, -0.1) is 0 Å². The first-order valence-electron chi connectivity index (χ1n) is 6.89. The first-order chi connectivity index (χ1) is 10.1. The van der Waals surface area contributed by atoms with Crippen molar-refractivity contribution in [3.63, 3.8) is 0 Å². The molecule has 110 valence electrons. The van der Waals surface area contributed by atoms with Crippen LogP contribution in [-0.4, -0.2) is 24.5 Å². The third kappa shape index (κ3) is 3.72. The van der Waals surface area contributed by atoms with Crippen LogP contribution in [0.4, 0.5) is 11.4 Å². The van der Waals surface area contributed by atoms with Crippen LogP contribution in [0, 0.1) is 0 Å². The Hall–Kier alpha value is -2.56. The number of aromatic nitrogens is 1. The number of hydrogen-bond donors (Lipinski definition) is 2. The largest absolute Gasteiger partial charge is 0.397 e. The van der Waals surface area contributed by atoms with Gasteiger partial charge in [-0.1, -0.05) is 6.07 Å². The molecule has 2 aromatic rings. The molecule has 0 fully saturated rings. The van der Waals surface area contributed by atoms with Crippen molar-refractivity contribution in [1.82, 2.24) is 10.3 Å². The van der Waals surface area contributed by atoms with Crippen LogP contribution in [-0.2, 0) is 6.54 Å². The summed E-state index contributed by atoms with van der Waals surface area (Å²) >= 11 is 0. The van der Waals surface area contributed by atoms with Crippen LogP contribution in [0.3, 0.4) is 0 Å². The lowest BCUT2D eigenvalue weighted by atomic mass is 10.1. The highest BCUT2D eigenvalue weighted by Gasteiger charge is 2.10. The molecule has 2 rings (SSSR count). The lowest BCUT2D eigenvalue weighted by Crippen LogP contribution is -2.23. The first-order valence-corrected chi connectivity index (χ1v) is 6.89. The van der Waals surface area contributed by atoms with Crippen LogP contribution < -0.4 is 16.0 Å². The molecule has 1 heterocycles. The Morgan fingerprint density at radius 1 is 1.38 bits per heavy atom. The standard InChI is InChI=1S/C16H20N4O/c1-3-19-16(21)13-6-7-15(14(17)9-13)20(2)11-12-5-4-8-18-10-12/h4-10H,3,11,17H2,1-2H3,(H,19,21). The number of nitrogens with zero attached hydrogens (tertiary/aromatic N) is 2. The fourth-order valence-corrected chi connectivity index (χ4v) is 2.16. The Morgan fingerprint density at radius 3 is 2.81 bits per heavy atom. The third-order valence-corrected chi connectivity index (χ3v) is 3.18. The molecule has 0 bridgehead atoms. The van der Waals surface area contributed by atoms with E-state index >= 15 is 0 Å². The van der Waals surface area contributed by atoms with Gasteiger partial charge >= 0.3 is 0 Å². The van der Waals surface area contributed by atoms with Gasteiger partial charge < -0.3 is 16.0 Å². The average molecular weight is 284 g/mol. The summed E-state index contributed by atoms with van der Waals surface area (Å²) in [6.45, 7) is 3.19. The molecular weight excluding hydrogens is 264 g/mol. The van der Waals surface area contributed by atoms with Crippen LogP contribution in [0.1, 0.15) is 22.8 Å². The van der Waals surface area contributed by atoms with Crippen molar-refractivity contribution in [1.29, 1.82) is 0 Å². The quantitative estimate of drug-likeness (QED) is 0.824. The lowest BCUT2D eigenvalue weighted by Gasteiger charge is -2.21. The molecule has 21 heavy (non-hydrogen) atoms. The van der Waals surface area contributed by atoms with E-state index in [1.807, 2.05) is 43.3 Å². The minimum absolute atomic E-state index is 0.106. The number of nitrogens with one attached hydrogen (secondary N) is 1. The first kappa shape index (κ1) is 14.8. The van der Waals surface area contributed by atoms with Crippen molar-refractivity contribution in [3.05, 3.63) is 53.9 Å². The summed E-state index contributed by atoms with van der Waals surface area (Å²) < 4.78 is 0. The maximum atomic E-state index is 11.8. The van der Waals surface area contributed by atoms with Crippen LogP contribution in [0.2, 0.25) is 0 Å². The van der Waals surface area contributed by atoms with Gasteiger partial charge in [0.15, 0.2) is 0 Å². The molecule has 5 heteroatoms. The van der Waals surface area contributed by atoms with E-state index in [1.165, 1.54) is 0 Å². The molecule has 0 aliphatic heterocycles. The van der Waals surface area contributed by atoms with Gasteiger partial charge in [-0.2, -0.15) is 0 Å². The third-order valence-electron chi connectivity index (χ3n) is 3.18. The van der Waals surface area contributed by atoms with Gasteiger partial charge in [0, 0.05) is 38.1 Å². The number of nitrogen functional groups attached to an aromatic ring is 1. The monoisotopic (exact) mass is 284 g/mol. The van der Waals surface area contributed by atoms with Crippen molar-refractivity contribution in [2.45, 2.75) is 13.5 Å². The van der Waals surface area contributed by atoms with E-state index in [0.717, 1.165) is 11.3 Å². The van der Waals surface area contributed by atoms with Crippen molar-refractivity contribution in [2.75, 3.05) is 24.2 Å². The fraction of sp³-hybridized carbons (Fsp3) is 0.250. The molecule has 0 radical (unpaired) electrons. The molecular formula is C16H20N4O. The number of benzene rings is 1. The minimum Gasteiger partial charge on any atom is -0.397 e. The predicted molar refractivity (Wildman–Crippen MR) is 85.2 cm³/mol. The molecule has 0 saturated carbocycles. The summed E-state index contributed by atoms with van der Waals surface area (Å²) in [5.41, 5.74) is 9.24. The fourth-order valence-electron chi connectivity index (χ4n) is 2.16. The Balaban J connectivity index is 2.15. The zero-order chi connectivity index (χ0) is 15.2. The Labute approximate surface area is 124 Å². The molecule has 0 saturated heterocycles. The zero-order valence-corrected chi connectivity index (χ0v) is 12.3. The second kappa shape index (κ2) is 6.74. The molecule has 0 aliphatic carbocycles. The molecule has 0 atom stereocenters. The van der Waals surface area contributed by atoms with Crippen molar-refractivity contribution in [3.8, 4) is 0 Å². The Kier molecular flexibility index (Phi) is 4.77. The van der Waals surface area contributed by atoms with Crippen LogP contribution in [0.15, 0.2) is 42.7 Å². The maximum absolute atomic E-state index is 11.8. The van der Waals surface area contributed by atoms with E-state index in [1.54, 1.807) is 18.3 Å². The van der Waals surface area contributed by atoms with Crippen molar-refractivity contribution in [2.24, 2.45) is 0 Å². The molecule has 3 N–H and O–H groups in total. The minimum atomic E-state index is -0.106. The van der Waals surface area contributed by atoms with Gasteiger partial charge in [-0.05, 0) is 36.8 Å². The Morgan fingerprint density at radius 2 is 2.19 bits per heavy atom. The lowest BCUT2D eigenvalue weighted by molar-refractivity contribution is 0.0956. The van der Waals surface area contributed by atoms with E-state index in [9.17, 15) is 4.79 Å². The van der Waals surface area contributed by atoms with Crippen LogP contribution in [0.25, 0.3) is 0 Å². The summed E-state index contributed by atoms with van der Waals surface area (Å²) in [4.78, 5) is 17.9. The highest BCUT2D eigenvalue weighted by Crippen LogP contribution is 2.24. The number of anilines is 2. The molecule has 5 nitrogen and oxygen atoms in total. The van der Waals surface area contributed by atoms with Crippen LogP contribution >= 0.6 is 0 Å². The van der Waals surface area contributed by atoms with Crippen molar-refractivity contribution >= 4 is 17.3 Å². The van der Waals surface area contributed by atoms with E-state index in [0.29, 0.717) is 24.3 Å². The predicted octanol–water partition coefficient (Wildman–Crippen LogP) is 2.05. The summed E-state index contributed by atoms with van der Waals surface area (Å²) in [5, 5.41) is 2.76. The highest BCUT2D eigenvalue weighted by molar-refractivity contribution is 5.96.